The lowest BCUT2D eigenvalue weighted by molar-refractivity contribution is 0.585. The van der Waals surface area contributed by atoms with Gasteiger partial charge in [0.2, 0.25) is 0 Å². The van der Waals surface area contributed by atoms with E-state index in [0.29, 0.717) is 11.6 Å². The highest BCUT2D eigenvalue weighted by Crippen LogP contribution is 2.23. The number of nitrogens with one attached hydrogen (secondary N) is 1. The number of anilines is 1. The van der Waals surface area contributed by atoms with Crippen LogP contribution >= 0.6 is 27.5 Å². The number of hydrogen-bond acceptors (Lipinski definition) is 1. The van der Waals surface area contributed by atoms with Crippen LogP contribution in [0.1, 0.15) is 5.56 Å². The number of halogens is 4. The number of rotatable bonds is 3. The van der Waals surface area contributed by atoms with E-state index in [9.17, 15) is 8.78 Å². The first-order chi connectivity index (χ1) is 8.56. The molecule has 0 amide bonds. The van der Waals surface area contributed by atoms with Crippen LogP contribution < -0.4 is 5.32 Å². The van der Waals surface area contributed by atoms with Gasteiger partial charge in [-0.05, 0) is 35.9 Å². The lowest BCUT2D eigenvalue weighted by atomic mass is 10.2. The van der Waals surface area contributed by atoms with Crippen molar-refractivity contribution in [1.82, 2.24) is 0 Å². The molecule has 94 valence electrons. The third-order valence-corrected chi connectivity index (χ3v) is 3.27. The van der Waals surface area contributed by atoms with Crippen molar-refractivity contribution < 1.29 is 8.78 Å². The van der Waals surface area contributed by atoms with Crippen LogP contribution in [-0.2, 0) is 6.54 Å². The lowest BCUT2D eigenvalue weighted by Gasteiger charge is -2.09. The van der Waals surface area contributed by atoms with Crippen molar-refractivity contribution in [2.75, 3.05) is 5.32 Å². The summed E-state index contributed by atoms with van der Waals surface area (Å²) in [6.07, 6.45) is 0. The molecule has 0 aliphatic rings. The Morgan fingerprint density at radius 1 is 1.11 bits per heavy atom. The van der Waals surface area contributed by atoms with E-state index in [4.69, 9.17) is 11.6 Å². The average molecular weight is 333 g/mol. The summed E-state index contributed by atoms with van der Waals surface area (Å²) in [5, 5.41) is 3.47. The minimum atomic E-state index is -0.624. The van der Waals surface area contributed by atoms with Crippen LogP contribution in [0, 0.1) is 11.6 Å². The fraction of sp³-hybridized carbons (Fsp3) is 0.0769. The van der Waals surface area contributed by atoms with E-state index in [2.05, 4.69) is 21.2 Å². The summed E-state index contributed by atoms with van der Waals surface area (Å²) in [6.45, 7) is 0.362. The molecule has 0 aliphatic heterocycles. The van der Waals surface area contributed by atoms with Gasteiger partial charge >= 0.3 is 0 Å². The van der Waals surface area contributed by atoms with Crippen molar-refractivity contribution in [2.24, 2.45) is 0 Å². The van der Waals surface area contributed by atoms with Gasteiger partial charge in [-0.1, -0.05) is 27.5 Å². The molecule has 0 heterocycles. The maximum atomic E-state index is 13.4. The van der Waals surface area contributed by atoms with Crippen molar-refractivity contribution in [3.05, 3.63) is 63.1 Å². The van der Waals surface area contributed by atoms with Crippen molar-refractivity contribution >= 4 is 33.2 Å². The first kappa shape index (κ1) is 13.3. The summed E-state index contributed by atoms with van der Waals surface area (Å²) in [4.78, 5) is 0. The Hall–Kier alpha value is -1.13. The summed E-state index contributed by atoms with van der Waals surface area (Å²) < 4.78 is 27.0. The minimum absolute atomic E-state index is 0.243. The second kappa shape index (κ2) is 5.67. The standard InChI is InChI=1S/C13H9BrClF2N/c14-9-1-3-11(15)8(5-9)7-18-13-4-2-10(16)6-12(13)17/h1-6,18H,7H2. The summed E-state index contributed by atoms with van der Waals surface area (Å²) in [6, 6.07) is 8.82. The second-order valence-electron chi connectivity index (χ2n) is 3.71. The van der Waals surface area contributed by atoms with Gasteiger partial charge < -0.3 is 5.32 Å². The van der Waals surface area contributed by atoms with E-state index in [-0.39, 0.29) is 5.69 Å². The summed E-state index contributed by atoms with van der Waals surface area (Å²) in [5.41, 5.74) is 1.07. The second-order valence-corrected chi connectivity index (χ2v) is 5.04. The Kier molecular flexibility index (Phi) is 4.19. The van der Waals surface area contributed by atoms with Gasteiger partial charge in [-0.15, -0.1) is 0 Å². The molecule has 0 bridgehead atoms. The molecule has 0 unspecified atom stereocenters. The quantitative estimate of drug-likeness (QED) is 0.834. The molecule has 0 saturated heterocycles. The van der Waals surface area contributed by atoms with Gasteiger partial charge in [0.15, 0.2) is 0 Å². The molecule has 1 N–H and O–H groups in total. The van der Waals surface area contributed by atoms with Gasteiger partial charge in [0.25, 0.3) is 0 Å². The highest BCUT2D eigenvalue weighted by molar-refractivity contribution is 9.10. The molecular formula is C13H9BrClF2N. The number of benzene rings is 2. The Morgan fingerprint density at radius 3 is 2.61 bits per heavy atom. The highest BCUT2D eigenvalue weighted by Gasteiger charge is 2.05. The first-order valence-corrected chi connectivity index (χ1v) is 6.36. The van der Waals surface area contributed by atoms with E-state index in [1.54, 1.807) is 6.07 Å². The zero-order valence-electron chi connectivity index (χ0n) is 9.18. The predicted octanol–water partition coefficient (Wildman–Crippen LogP) is 4.99. The zero-order valence-corrected chi connectivity index (χ0v) is 11.5. The maximum absolute atomic E-state index is 13.4. The monoisotopic (exact) mass is 331 g/mol. The summed E-state index contributed by atoms with van der Waals surface area (Å²) in [5.74, 6) is -1.22. The first-order valence-electron chi connectivity index (χ1n) is 5.19. The van der Waals surface area contributed by atoms with Crippen LogP contribution in [0.25, 0.3) is 0 Å². The van der Waals surface area contributed by atoms with Crippen LogP contribution in [0.5, 0.6) is 0 Å². The van der Waals surface area contributed by atoms with Crippen LogP contribution in [0.4, 0.5) is 14.5 Å². The zero-order chi connectivity index (χ0) is 13.1. The van der Waals surface area contributed by atoms with Gasteiger partial charge in [-0.2, -0.15) is 0 Å². The molecule has 0 fully saturated rings. The van der Waals surface area contributed by atoms with Gasteiger partial charge in [-0.25, -0.2) is 8.78 Å². The molecular weight excluding hydrogens is 324 g/mol. The topological polar surface area (TPSA) is 12.0 Å². The van der Waals surface area contributed by atoms with E-state index >= 15 is 0 Å². The third-order valence-electron chi connectivity index (χ3n) is 2.41. The molecule has 0 aromatic heterocycles. The van der Waals surface area contributed by atoms with Crippen LogP contribution in [0.2, 0.25) is 5.02 Å². The van der Waals surface area contributed by atoms with E-state index in [0.717, 1.165) is 16.1 Å². The van der Waals surface area contributed by atoms with Crippen molar-refractivity contribution in [2.45, 2.75) is 6.54 Å². The van der Waals surface area contributed by atoms with Crippen LogP contribution in [0.15, 0.2) is 40.9 Å². The molecule has 2 aromatic rings. The molecule has 5 heteroatoms. The minimum Gasteiger partial charge on any atom is -0.379 e. The smallest absolute Gasteiger partial charge is 0.149 e. The average Bonchev–Trinajstić information content (AvgIpc) is 2.32. The Balaban J connectivity index is 2.13. The predicted molar refractivity (Wildman–Crippen MR) is 72.8 cm³/mol. The maximum Gasteiger partial charge on any atom is 0.149 e. The summed E-state index contributed by atoms with van der Waals surface area (Å²) in [7, 11) is 0. The van der Waals surface area contributed by atoms with Crippen molar-refractivity contribution in [3.63, 3.8) is 0 Å². The molecule has 1 nitrogen and oxygen atoms in total. The normalized spacial score (nSPS) is 10.4. The fourth-order valence-corrected chi connectivity index (χ4v) is 2.09. The van der Waals surface area contributed by atoms with Crippen molar-refractivity contribution in [1.29, 1.82) is 0 Å². The van der Waals surface area contributed by atoms with E-state index < -0.39 is 11.6 Å². The Labute approximate surface area is 117 Å². The molecule has 0 radical (unpaired) electrons. The van der Waals surface area contributed by atoms with Gasteiger partial charge in [-0.3, -0.25) is 0 Å². The SMILES string of the molecule is Fc1ccc(NCc2cc(Br)ccc2Cl)c(F)c1. The molecule has 0 spiro atoms. The Bertz CT molecular complexity index is 575. The highest BCUT2D eigenvalue weighted by atomic mass is 79.9. The van der Waals surface area contributed by atoms with Crippen LogP contribution in [-0.4, -0.2) is 0 Å². The molecule has 2 rings (SSSR count). The summed E-state index contributed by atoms with van der Waals surface area (Å²) >= 11 is 9.35. The molecule has 2 aromatic carbocycles. The molecule has 18 heavy (non-hydrogen) atoms. The van der Waals surface area contributed by atoms with Gasteiger partial charge in [0.05, 0.1) is 5.69 Å². The Morgan fingerprint density at radius 2 is 1.89 bits per heavy atom. The van der Waals surface area contributed by atoms with Crippen molar-refractivity contribution in [3.8, 4) is 0 Å². The van der Waals surface area contributed by atoms with Crippen LogP contribution in [0.3, 0.4) is 0 Å². The lowest BCUT2D eigenvalue weighted by Crippen LogP contribution is -2.02. The molecule has 0 atom stereocenters. The molecule has 0 saturated carbocycles. The van der Waals surface area contributed by atoms with E-state index in [1.807, 2.05) is 12.1 Å². The molecule has 0 aliphatic carbocycles. The van der Waals surface area contributed by atoms with E-state index in [1.165, 1.54) is 12.1 Å². The fourth-order valence-electron chi connectivity index (χ4n) is 1.50. The van der Waals surface area contributed by atoms with Gasteiger partial charge in [0, 0.05) is 22.1 Å². The largest absolute Gasteiger partial charge is 0.379 e. The number of hydrogen-bond donors (Lipinski definition) is 1. The third kappa shape index (κ3) is 3.21. The van der Waals surface area contributed by atoms with Gasteiger partial charge in [0.1, 0.15) is 11.6 Å².